The summed E-state index contributed by atoms with van der Waals surface area (Å²) in [6.07, 6.45) is 2.41. The van der Waals surface area contributed by atoms with E-state index in [1.165, 1.54) is 24.0 Å². The van der Waals surface area contributed by atoms with Crippen LogP contribution in [-0.2, 0) is 6.42 Å². The van der Waals surface area contributed by atoms with Crippen molar-refractivity contribution < 1.29 is 0 Å². The number of nitrogens with zero attached hydrogens (tertiary/aromatic N) is 1. The maximum atomic E-state index is 5.82. The van der Waals surface area contributed by atoms with E-state index in [4.69, 9.17) is 5.73 Å². The molecule has 88 valence electrons. The maximum Gasteiger partial charge on any atom is 0.0351 e. The van der Waals surface area contributed by atoms with E-state index >= 15 is 0 Å². The van der Waals surface area contributed by atoms with Gasteiger partial charge in [0.1, 0.15) is 0 Å². The highest BCUT2D eigenvalue weighted by Crippen LogP contribution is 2.36. The van der Waals surface area contributed by atoms with Crippen LogP contribution in [0.1, 0.15) is 37.4 Å². The lowest BCUT2D eigenvalue weighted by Gasteiger charge is -2.26. The molecular formula is C14H22N2. The van der Waals surface area contributed by atoms with Gasteiger partial charge >= 0.3 is 0 Å². The second-order valence-electron chi connectivity index (χ2n) is 5.35. The number of nitrogen functional groups attached to an aromatic ring is 1. The Morgan fingerprint density at radius 2 is 2.19 bits per heavy atom. The average molecular weight is 218 g/mol. The Morgan fingerprint density at radius 3 is 2.88 bits per heavy atom. The molecule has 0 saturated carbocycles. The van der Waals surface area contributed by atoms with Gasteiger partial charge in [0.25, 0.3) is 0 Å². The Balaban J connectivity index is 2.17. The summed E-state index contributed by atoms with van der Waals surface area (Å²) in [7, 11) is 2.23. The first-order valence-electron chi connectivity index (χ1n) is 6.16. The molecule has 1 unspecified atom stereocenters. The lowest BCUT2D eigenvalue weighted by atomic mass is 10.1. The Kier molecular flexibility index (Phi) is 3.20. The highest BCUT2D eigenvalue weighted by molar-refractivity contribution is 5.47. The van der Waals surface area contributed by atoms with Crippen molar-refractivity contribution in [1.29, 1.82) is 0 Å². The van der Waals surface area contributed by atoms with Gasteiger partial charge in [0.15, 0.2) is 0 Å². The van der Waals surface area contributed by atoms with E-state index in [1.807, 2.05) is 6.07 Å². The third-order valence-corrected chi connectivity index (χ3v) is 3.40. The van der Waals surface area contributed by atoms with Crippen molar-refractivity contribution in [3.05, 3.63) is 29.3 Å². The van der Waals surface area contributed by atoms with Crippen LogP contribution in [0.4, 0.5) is 5.69 Å². The van der Waals surface area contributed by atoms with Crippen molar-refractivity contribution in [2.45, 2.75) is 32.7 Å². The van der Waals surface area contributed by atoms with Gasteiger partial charge in [0.05, 0.1) is 0 Å². The second kappa shape index (κ2) is 4.46. The van der Waals surface area contributed by atoms with Crippen molar-refractivity contribution in [3.8, 4) is 0 Å². The summed E-state index contributed by atoms with van der Waals surface area (Å²) >= 11 is 0. The predicted molar refractivity (Wildman–Crippen MR) is 69.4 cm³/mol. The summed E-state index contributed by atoms with van der Waals surface area (Å²) in [5.74, 6) is 0.725. The van der Waals surface area contributed by atoms with Gasteiger partial charge in [-0.2, -0.15) is 0 Å². The zero-order chi connectivity index (χ0) is 11.7. The van der Waals surface area contributed by atoms with E-state index in [0.29, 0.717) is 6.04 Å². The predicted octanol–water partition coefficient (Wildman–Crippen LogP) is 2.84. The van der Waals surface area contributed by atoms with E-state index in [1.54, 1.807) is 0 Å². The van der Waals surface area contributed by atoms with Crippen molar-refractivity contribution in [2.24, 2.45) is 5.92 Å². The van der Waals surface area contributed by atoms with Gasteiger partial charge in [-0.15, -0.1) is 0 Å². The molecule has 2 heteroatoms. The number of nitrogens with two attached hydrogens (primary N) is 1. The van der Waals surface area contributed by atoms with Crippen molar-refractivity contribution in [3.63, 3.8) is 0 Å². The van der Waals surface area contributed by atoms with Crippen LogP contribution >= 0.6 is 0 Å². The van der Waals surface area contributed by atoms with Gasteiger partial charge in [0, 0.05) is 18.3 Å². The number of fused-ring (bicyclic) bond motifs is 1. The summed E-state index contributed by atoms with van der Waals surface area (Å²) in [5, 5.41) is 0. The van der Waals surface area contributed by atoms with Crippen molar-refractivity contribution in [2.75, 3.05) is 19.3 Å². The van der Waals surface area contributed by atoms with Crippen LogP contribution in [0.3, 0.4) is 0 Å². The molecule has 16 heavy (non-hydrogen) atoms. The number of hydrogen-bond acceptors (Lipinski definition) is 2. The largest absolute Gasteiger partial charge is 0.399 e. The van der Waals surface area contributed by atoms with Gasteiger partial charge in [-0.3, -0.25) is 4.90 Å². The first-order valence-corrected chi connectivity index (χ1v) is 6.16. The number of hydrogen-bond donors (Lipinski definition) is 1. The first-order chi connectivity index (χ1) is 7.58. The highest BCUT2D eigenvalue weighted by Gasteiger charge is 2.25. The molecule has 1 atom stereocenters. The monoisotopic (exact) mass is 218 g/mol. The fourth-order valence-electron chi connectivity index (χ4n) is 2.78. The minimum Gasteiger partial charge on any atom is -0.399 e. The number of anilines is 1. The van der Waals surface area contributed by atoms with Crippen LogP contribution in [0.15, 0.2) is 18.2 Å². The third kappa shape index (κ3) is 2.22. The fraction of sp³-hybridized carbons (Fsp3) is 0.571. The van der Waals surface area contributed by atoms with Crippen molar-refractivity contribution >= 4 is 5.69 Å². The minimum atomic E-state index is 0.595. The van der Waals surface area contributed by atoms with Crippen LogP contribution < -0.4 is 5.73 Å². The molecule has 0 spiro atoms. The van der Waals surface area contributed by atoms with Crippen LogP contribution in [-0.4, -0.2) is 18.5 Å². The minimum absolute atomic E-state index is 0.595. The lowest BCUT2D eigenvalue weighted by Crippen LogP contribution is -2.26. The summed E-state index contributed by atoms with van der Waals surface area (Å²) in [5.41, 5.74) is 9.64. The lowest BCUT2D eigenvalue weighted by molar-refractivity contribution is 0.218. The zero-order valence-electron chi connectivity index (χ0n) is 10.5. The normalized spacial score (nSPS) is 19.4. The average Bonchev–Trinajstić information content (AvgIpc) is 2.59. The molecule has 0 aromatic heterocycles. The highest BCUT2D eigenvalue weighted by atomic mass is 15.1. The first kappa shape index (κ1) is 11.5. The molecule has 1 aliphatic rings. The van der Waals surface area contributed by atoms with Gasteiger partial charge in [-0.05, 0) is 49.1 Å². The molecule has 0 fully saturated rings. The molecule has 2 nitrogen and oxygen atoms in total. The molecule has 2 rings (SSSR count). The van der Waals surface area contributed by atoms with E-state index in [-0.39, 0.29) is 0 Å². The summed E-state index contributed by atoms with van der Waals surface area (Å²) in [6.45, 7) is 5.71. The molecule has 0 amide bonds. The van der Waals surface area contributed by atoms with Gasteiger partial charge in [0.2, 0.25) is 0 Å². The Morgan fingerprint density at radius 1 is 1.44 bits per heavy atom. The quantitative estimate of drug-likeness (QED) is 0.790. The van der Waals surface area contributed by atoms with Gasteiger partial charge in [-0.25, -0.2) is 0 Å². The zero-order valence-corrected chi connectivity index (χ0v) is 10.5. The molecule has 0 aliphatic heterocycles. The smallest absolute Gasteiger partial charge is 0.0351 e. The maximum absolute atomic E-state index is 5.82. The topological polar surface area (TPSA) is 29.3 Å². The van der Waals surface area contributed by atoms with E-state index in [0.717, 1.165) is 18.2 Å². The molecular weight excluding hydrogens is 196 g/mol. The van der Waals surface area contributed by atoms with Crippen LogP contribution in [0.2, 0.25) is 0 Å². The van der Waals surface area contributed by atoms with Gasteiger partial charge < -0.3 is 5.73 Å². The van der Waals surface area contributed by atoms with Crippen LogP contribution in [0.25, 0.3) is 0 Å². The second-order valence-corrected chi connectivity index (χ2v) is 5.35. The molecule has 0 radical (unpaired) electrons. The number of benzene rings is 1. The van der Waals surface area contributed by atoms with Crippen LogP contribution in [0.5, 0.6) is 0 Å². The Labute approximate surface area is 98.4 Å². The van der Waals surface area contributed by atoms with Gasteiger partial charge in [-0.1, -0.05) is 19.9 Å². The number of rotatable bonds is 3. The molecule has 0 heterocycles. The van der Waals surface area contributed by atoms with E-state index in [2.05, 4.69) is 37.9 Å². The Bertz CT molecular complexity index is 371. The van der Waals surface area contributed by atoms with Crippen LogP contribution in [0, 0.1) is 5.92 Å². The van der Waals surface area contributed by atoms with E-state index < -0.39 is 0 Å². The molecule has 0 bridgehead atoms. The third-order valence-electron chi connectivity index (χ3n) is 3.40. The molecule has 1 aromatic carbocycles. The Hall–Kier alpha value is -1.02. The summed E-state index contributed by atoms with van der Waals surface area (Å²) in [4.78, 5) is 2.48. The SMILES string of the molecule is CC(C)CN(C)C1CCc2cc(N)ccc21. The summed E-state index contributed by atoms with van der Waals surface area (Å²) < 4.78 is 0. The molecule has 1 aromatic rings. The molecule has 0 saturated heterocycles. The summed E-state index contributed by atoms with van der Waals surface area (Å²) in [6, 6.07) is 6.97. The molecule has 1 aliphatic carbocycles. The van der Waals surface area contributed by atoms with Crippen molar-refractivity contribution in [1.82, 2.24) is 4.90 Å². The number of aryl methyl sites for hydroxylation is 1. The van der Waals surface area contributed by atoms with E-state index in [9.17, 15) is 0 Å². The fourth-order valence-corrected chi connectivity index (χ4v) is 2.78. The standard InChI is InChI=1S/C14H22N2/c1-10(2)9-16(3)14-7-4-11-8-12(15)5-6-13(11)14/h5-6,8,10,14H,4,7,9,15H2,1-3H3. The molecule has 2 N–H and O–H groups in total.